The minimum absolute atomic E-state index is 0.121. The van der Waals surface area contributed by atoms with Gasteiger partial charge in [-0.15, -0.1) is 0 Å². The van der Waals surface area contributed by atoms with Crippen LogP contribution in [0.5, 0.6) is 0 Å². The van der Waals surface area contributed by atoms with Crippen LogP contribution in [0.25, 0.3) is 0 Å². The van der Waals surface area contributed by atoms with Crippen molar-refractivity contribution in [2.24, 2.45) is 0 Å². The van der Waals surface area contributed by atoms with Crippen molar-refractivity contribution >= 4 is 15.9 Å². The van der Waals surface area contributed by atoms with Gasteiger partial charge in [0, 0.05) is 31.7 Å². The fraction of sp³-hybridized carbons (Fsp3) is 0.538. The zero-order valence-electron chi connectivity index (χ0n) is 10.3. The molecule has 1 aromatic rings. The Bertz CT molecular complexity index is 400. The Labute approximate surface area is 110 Å². The van der Waals surface area contributed by atoms with Crippen LogP contribution in [0.1, 0.15) is 19.4 Å². The van der Waals surface area contributed by atoms with Crippen molar-refractivity contribution in [3.63, 3.8) is 0 Å². The van der Waals surface area contributed by atoms with Gasteiger partial charge in [0.15, 0.2) is 0 Å². The van der Waals surface area contributed by atoms with E-state index in [2.05, 4.69) is 40.0 Å². The number of halogens is 2. The molecule has 1 fully saturated rings. The molecule has 0 spiro atoms. The number of nitrogens with zero attached hydrogens (tertiary/aromatic N) is 1. The lowest BCUT2D eigenvalue weighted by molar-refractivity contribution is 0.102. The van der Waals surface area contributed by atoms with Gasteiger partial charge < -0.3 is 5.32 Å². The SMILES string of the molecule is CC(C)(c1ccc(Br)c(F)c1)N1CCNCC1. The van der Waals surface area contributed by atoms with Crippen molar-refractivity contribution in [3.05, 3.63) is 34.1 Å². The predicted molar refractivity (Wildman–Crippen MR) is 71.6 cm³/mol. The largest absolute Gasteiger partial charge is 0.314 e. The average molecular weight is 301 g/mol. The van der Waals surface area contributed by atoms with Gasteiger partial charge in [-0.1, -0.05) is 6.07 Å². The predicted octanol–water partition coefficient (Wildman–Crippen LogP) is 2.73. The lowest BCUT2D eigenvalue weighted by Gasteiger charge is -2.41. The molecule has 0 amide bonds. The average Bonchev–Trinajstić information content (AvgIpc) is 2.33. The molecule has 1 N–H and O–H groups in total. The summed E-state index contributed by atoms with van der Waals surface area (Å²) in [5.74, 6) is -0.189. The summed E-state index contributed by atoms with van der Waals surface area (Å²) in [5, 5.41) is 3.34. The second-order valence-electron chi connectivity index (χ2n) is 4.92. The van der Waals surface area contributed by atoms with Crippen molar-refractivity contribution < 1.29 is 4.39 Å². The molecule has 1 saturated heterocycles. The van der Waals surface area contributed by atoms with E-state index in [1.807, 2.05) is 6.07 Å². The Morgan fingerprint density at radius 3 is 2.53 bits per heavy atom. The first-order valence-corrected chi connectivity index (χ1v) is 6.72. The summed E-state index contributed by atoms with van der Waals surface area (Å²) in [5.41, 5.74) is 0.906. The highest BCUT2D eigenvalue weighted by molar-refractivity contribution is 9.10. The summed E-state index contributed by atoms with van der Waals surface area (Å²) < 4.78 is 14.1. The number of benzene rings is 1. The van der Waals surface area contributed by atoms with Crippen LogP contribution in [0.15, 0.2) is 22.7 Å². The normalized spacial score (nSPS) is 18.4. The Kier molecular flexibility index (Phi) is 3.85. The summed E-state index contributed by atoms with van der Waals surface area (Å²) >= 11 is 3.19. The van der Waals surface area contributed by atoms with Crippen molar-refractivity contribution in [2.75, 3.05) is 26.2 Å². The molecule has 0 bridgehead atoms. The standard InChI is InChI=1S/C13H18BrFN2/c1-13(2,17-7-5-16-6-8-17)10-3-4-11(14)12(15)9-10/h3-4,9,16H,5-8H2,1-2H3. The third kappa shape index (κ3) is 2.69. The highest BCUT2D eigenvalue weighted by atomic mass is 79.9. The van der Waals surface area contributed by atoms with Gasteiger partial charge in [-0.2, -0.15) is 0 Å². The molecular formula is C13H18BrFN2. The minimum atomic E-state index is -0.189. The summed E-state index contributed by atoms with van der Waals surface area (Å²) in [6, 6.07) is 5.41. The highest BCUT2D eigenvalue weighted by Gasteiger charge is 2.29. The van der Waals surface area contributed by atoms with E-state index >= 15 is 0 Å². The molecule has 0 aliphatic carbocycles. The molecule has 0 aromatic heterocycles. The molecule has 1 aromatic carbocycles. The van der Waals surface area contributed by atoms with Crippen molar-refractivity contribution in [2.45, 2.75) is 19.4 Å². The number of nitrogens with one attached hydrogen (secondary N) is 1. The van der Waals surface area contributed by atoms with Crippen molar-refractivity contribution in [1.82, 2.24) is 10.2 Å². The second-order valence-corrected chi connectivity index (χ2v) is 5.78. The van der Waals surface area contributed by atoms with Gasteiger partial charge in [0.2, 0.25) is 0 Å². The fourth-order valence-corrected chi connectivity index (χ4v) is 2.53. The molecule has 94 valence electrons. The zero-order valence-corrected chi connectivity index (χ0v) is 11.8. The van der Waals surface area contributed by atoms with E-state index in [1.165, 1.54) is 0 Å². The quantitative estimate of drug-likeness (QED) is 0.903. The third-order valence-electron chi connectivity index (χ3n) is 3.53. The van der Waals surface area contributed by atoms with Crippen LogP contribution in [0.2, 0.25) is 0 Å². The van der Waals surface area contributed by atoms with E-state index in [0.29, 0.717) is 4.47 Å². The lowest BCUT2D eigenvalue weighted by atomic mass is 9.91. The van der Waals surface area contributed by atoms with Crippen molar-refractivity contribution in [1.29, 1.82) is 0 Å². The maximum absolute atomic E-state index is 13.6. The first-order valence-electron chi connectivity index (χ1n) is 5.93. The number of rotatable bonds is 2. The van der Waals surface area contributed by atoms with Crippen molar-refractivity contribution in [3.8, 4) is 0 Å². The van der Waals surface area contributed by atoms with Crippen LogP contribution in [-0.4, -0.2) is 31.1 Å². The van der Waals surface area contributed by atoms with Crippen LogP contribution >= 0.6 is 15.9 Å². The summed E-state index contributed by atoms with van der Waals surface area (Å²) in [6.07, 6.45) is 0. The van der Waals surface area contributed by atoms with Gasteiger partial charge >= 0.3 is 0 Å². The number of hydrogen-bond donors (Lipinski definition) is 1. The molecule has 0 unspecified atom stereocenters. The molecule has 2 nitrogen and oxygen atoms in total. The van der Waals surface area contributed by atoms with Crippen LogP contribution in [0, 0.1) is 5.82 Å². The van der Waals surface area contributed by atoms with E-state index in [4.69, 9.17) is 0 Å². The molecule has 4 heteroatoms. The first-order chi connectivity index (χ1) is 8.01. The Morgan fingerprint density at radius 1 is 1.29 bits per heavy atom. The van der Waals surface area contributed by atoms with Gasteiger partial charge in [-0.25, -0.2) is 4.39 Å². The fourth-order valence-electron chi connectivity index (χ4n) is 2.28. The van der Waals surface area contributed by atoms with Gasteiger partial charge in [0.25, 0.3) is 0 Å². The maximum atomic E-state index is 13.6. The van der Waals surface area contributed by atoms with Crippen LogP contribution in [0.4, 0.5) is 4.39 Å². The number of piperazine rings is 1. The second kappa shape index (κ2) is 5.04. The van der Waals surface area contributed by atoms with E-state index in [9.17, 15) is 4.39 Å². The van der Waals surface area contributed by atoms with Crippen LogP contribution in [0.3, 0.4) is 0 Å². The van der Waals surface area contributed by atoms with E-state index in [-0.39, 0.29) is 11.4 Å². The topological polar surface area (TPSA) is 15.3 Å². The van der Waals surface area contributed by atoms with E-state index < -0.39 is 0 Å². The van der Waals surface area contributed by atoms with E-state index in [1.54, 1.807) is 12.1 Å². The third-order valence-corrected chi connectivity index (χ3v) is 4.18. The molecule has 0 saturated carbocycles. The molecule has 1 aliphatic heterocycles. The molecule has 17 heavy (non-hydrogen) atoms. The maximum Gasteiger partial charge on any atom is 0.137 e. The zero-order chi connectivity index (χ0) is 12.5. The Balaban J connectivity index is 2.26. The lowest BCUT2D eigenvalue weighted by Crippen LogP contribution is -2.51. The smallest absolute Gasteiger partial charge is 0.137 e. The highest BCUT2D eigenvalue weighted by Crippen LogP contribution is 2.30. The van der Waals surface area contributed by atoms with Gasteiger partial charge in [-0.05, 0) is 47.5 Å². The summed E-state index contributed by atoms with van der Waals surface area (Å²) in [6.45, 7) is 8.32. The minimum Gasteiger partial charge on any atom is -0.314 e. The van der Waals surface area contributed by atoms with Gasteiger partial charge in [0.1, 0.15) is 5.82 Å². The van der Waals surface area contributed by atoms with E-state index in [0.717, 1.165) is 31.7 Å². The van der Waals surface area contributed by atoms with Crippen LogP contribution in [-0.2, 0) is 5.54 Å². The van der Waals surface area contributed by atoms with Gasteiger partial charge in [-0.3, -0.25) is 4.90 Å². The number of hydrogen-bond acceptors (Lipinski definition) is 2. The summed E-state index contributed by atoms with van der Waals surface area (Å²) in [7, 11) is 0. The Morgan fingerprint density at radius 2 is 1.94 bits per heavy atom. The van der Waals surface area contributed by atoms with Crippen LogP contribution < -0.4 is 5.32 Å². The van der Waals surface area contributed by atoms with Gasteiger partial charge in [0.05, 0.1) is 4.47 Å². The molecule has 0 radical (unpaired) electrons. The summed E-state index contributed by atoms with van der Waals surface area (Å²) in [4.78, 5) is 2.40. The molecule has 2 rings (SSSR count). The molecule has 0 atom stereocenters. The Hall–Kier alpha value is -0.450. The monoisotopic (exact) mass is 300 g/mol. The first kappa shape index (κ1) is 13.0. The molecule has 1 aliphatic rings. The molecular weight excluding hydrogens is 283 g/mol. The molecule has 1 heterocycles.